The maximum atomic E-state index is 4.18. The highest BCUT2D eigenvalue weighted by atomic mass is 28.3. The molecule has 0 saturated carbocycles. The van der Waals surface area contributed by atoms with E-state index in [1.807, 2.05) is 0 Å². The second-order valence-electron chi connectivity index (χ2n) is 8.51. The molecule has 0 aliphatic carbocycles. The molecule has 0 spiro atoms. The first kappa shape index (κ1) is 19.6. The molecule has 3 aromatic carbocycles. The number of benzene rings is 3. The highest BCUT2D eigenvalue weighted by Crippen LogP contribution is 2.35. The number of nitrogens with one attached hydrogen (secondary N) is 1. The standard InChI is InChI=1S/C25H31NSi/c1-20-16-18-22(19-17-20)21(2)26-27(25(3,4)5,23-12-8-6-9-13-23)24-14-10-7-11-15-24/h6-19,21,26H,1-5H3. The normalized spacial score (nSPS) is 13.4. The van der Waals surface area contributed by atoms with Crippen LogP contribution in [0.15, 0.2) is 84.9 Å². The summed E-state index contributed by atoms with van der Waals surface area (Å²) in [6.07, 6.45) is 0. The molecule has 3 rings (SSSR count). The lowest BCUT2D eigenvalue weighted by molar-refractivity contribution is 0.649. The molecule has 0 aliphatic heterocycles. The smallest absolute Gasteiger partial charge is 0.195 e. The molecule has 0 aromatic heterocycles. The van der Waals surface area contributed by atoms with Gasteiger partial charge in [0.25, 0.3) is 0 Å². The zero-order chi connectivity index (χ0) is 19.5. The minimum atomic E-state index is -2.26. The van der Waals surface area contributed by atoms with Crippen LogP contribution in [0.3, 0.4) is 0 Å². The summed E-state index contributed by atoms with van der Waals surface area (Å²) in [7, 11) is -2.26. The molecule has 1 nitrogen and oxygen atoms in total. The van der Waals surface area contributed by atoms with E-state index in [4.69, 9.17) is 0 Å². The third kappa shape index (κ3) is 3.92. The van der Waals surface area contributed by atoms with Crippen LogP contribution >= 0.6 is 0 Å². The first-order chi connectivity index (χ1) is 12.8. The SMILES string of the molecule is Cc1ccc(C(C)N[Si](c2ccccc2)(c2ccccc2)C(C)(C)C)cc1. The fraction of sp³-hybridized carbons (Fsp3) is 0.280. The summed E-state index contributed by atoms with van der Waals surface area (Å²) >= 11 is 0. The van der Waals surface area contributed by atoms with Gasteiger partial charge in [0, 0.05) is 6.04 Å². The van der Waals surface area contributed by atoms with Gasteiger partial charge in [-0.25, -0.2) is 0 Å². The lowest BCUT2D eigenvalue weighted by Crippen LogP contribution is -2.74. The summed E-state index contributed by atoms with van der Waals surface area (Å²) in [5.74, 6) is 0. The fourth-order valence-electron chi connectivity index (χ4n) is 4.06. The van der Waals surface area contributed by atoms with Gasteiger partial charge in [-0.15, -0.1) is 0 Å². The first-order valence-electron chi connectivity index (χ1n) is 9.80. The molecule has 0 aliphatic rings. The van der Waals surface area contributed by atoms with E-state index in [-0.39, 0.29) is 11.1 Å². The van der Waals surface area contributed by atoms with E-state index >= 15 is 0 Å². The Morgan fingerprint density at radius 1 is 0.704 bits per heavy atom. The molecule has 0 amide bonds. The first-order valence-corrected chi connectivity index (χ1v) is 11.8. The van der Waals surface area contributed by atoms with Gasteiger partial charge >= 0.3 is 0 Å². The van der Waals surface area contributed by atoms with Crippen LogP contribution in [0.5, 0.6) is 0 Å². The zero-order valence-corrected chi connectivity index (χ0v) is 18.2. The van der Waals surface area contributed by atoms with E-state index in [0.717, 1.165) is 0 Å². The van der Waals surface area contributed by atoms with E-state index in [1.54, 1.807) is 0 Å². The number of hydrogen-bond donors (Lipinski definition) is 1. The summed E-state index contributed by atoms with van der Waals surface area (Å²) in [5.41, 5.74) is 2.64. The minimum absolute atomic E-state index is 0.106. The molecule has 1 atom stereocenters. The second kappa shape index (κ2) is 7.83. The minimum Gasteiger partial charge on any atom is -0.324 e. The van der Waals surface area contributed by atoms with Crippen molar-refractivity contribution < 1.29 is 0 Å². The lowest BCUT2D eigenvalue weighted by atomic mass is 10.1. The molecule has 140 valence electrons. The van der Waals surface area contributed by atoms with E-state index in [1.165, 1.54) is 21.5 Å². The predicted octanol–water partition coefficient (Wildman–Crippen LogP) is 5.21. The molecule has 0 bridgehead atoms. The quantitative estimate of drug-likeness (QED) is 0.606. The van der Waals surface area contributed by atoms with Crippen molar-refractivity contribution in [3.63, 3.8) is 0 Å². The molecule has 2 heteroatoms. The monoisotopic (exact) mass is 373 g/mol. The summed E-state index contributed by atoms with van der Waals surface area (Å²) in [5, 5.41) is 2.97. The van der Waals surface area contributed by atoms with E-state index in [9.17, 15) is 0 Å². The topological polar surface area (TPSA) is 12.0 Å². The molecule has 0 saturated heterocycles. The third-order valence-electron chi connectivity index (χ3n) is 5.55. The van der Waals surface area contributed by atoms with E-state index < -0.39 is 8.24 Å². The highest BCUT2D eigenvalue weighted by molar-refractivity contribution is 7.02. The summed E-state index contributed by atoms with van der Waals surface area (Å²) in [4.78, 5) is 4.18. The molecule has 0 heterocycles. The molecule has 0 fully saturated rings. The van der Waals surface area contributed by atoms with Gasteiger partial charge in [0.2, 0.25) is 0 Å². The lowest BCUT2D eigenvalue weighted by Gasteiger charge is -2.46. The Balaban J connectivity index is 2.16. The van der Waals surface area contributed by atoms with E-state index in [0.29, 0.717) is 0 Å². The molecular weight excluding hydrogens is 342 g/mol. The van der Waals surface area contributed by atoms with Crippen LogP contribution in [0.4, 0.5) is 0 Å². The van der Waals surface area contributed by atoms with Gasteiger partial charge in [-0.3, -0.25) is 0 Å². The molecular formula is C25H31NSi. The Labute approximate surface area is 165 Å². The van der Waals surface area contributed by atoms with Gasteiger partial charge in [-0.2, -0.15) is 0 Å². The van der Waals surface area contributed by atoms with Crippen molar-refractivity contribution in [2.75, 3.05) is 0 Å². The molecule has 27 heavy (non-hydrogen) atoms. The molecule has 1 unspecified atom stereocenters. The number of hydrogen-bond acceptors (Lipinski definition) is 1. The van der Waals surface area contributed by atoms with Crippen LogP contribution < -0.4 is 15.4 Å². The van der Waals surface area contributed by atoms with Gasteiger partial charge in [0.05, 0.1) is 0 Å². The van der Waals surface area contributed by atoms with Gasteiger partial charge in [-0.1, -0.05) is 111 Å². The van der Waals surface area contributed by atoms with Crippen LogP contribution in [0.2, 0.25) is 5.04 Å². The maximum absolute atomic E-state index is 4.18. The second-order valence-corrected chi connectivity index (χ2v) is 13.0. The predicted molar refractivity (Wildman–Crippen MR) is 120 cm³/mol. The maximum Gasteiger partial charge on any atom is 0.195 e. The van der Waals surface area contributed by atoms with Crippen LogP contribution in [-0.2, 0) is 0 Å². The van der Waals surface area contributed by atoms with Gasteiger partial charge in [0.1, 0.15) is 0 Å². The molecule has 3 aromatic rings. The molecule has 0 radical (unpaired) electrons. The Bertz CT molecular complexity index is 809. The third-order valence-corrected chi connectivity index (χ3v) is 11.1. The van der Waals surface area contributed by atoms with Crippen molar-refractivity contribution in [3.05, 3.63) is 96.1 Å². The summed E-state index contributed by atoms with van der Waals surface area (Å²) < 4.78 is 0. The van der Waals surface area contributed by atoms with Crippen LogP contribution in [0.1, 0.15) is 44.9 Å². The Morgan fingerprint density at radius 2 is 1.15 bits per heavy atom. The Hall–Kier alpha value is -2.16. The highest BCUT2D eigenvalue weighted by Gasteiger charge is 2.48. The summed E-state index contributed by atoms with van der Waals surface area (Å²) in [6.45, 7) is 11.6. The molecule has 1 N–H and O–H groups in total. The van der Waals surface area contributed by atoms with Gasteiger partial charge < -0.3 is 4.98 Å². The Kier molecular flexibility index (Phi) is 5.68. The van der Waals surface area contributed by atoms with Crippen LogP contribution in [-0.4, -0.2) is 8.24 Å². The van der Waals surface area contributed by atoms with Crippen molar-refractivity contribution in [1.29, 1.82) is 0 Å². The van der Waals surface area contributed by atoms with E-state index in [2.05, 4.69) is 125 Å². The average Bonchev–Trinajstić information content (AvgIpc) is 2.67. The zero-order valence-electron chi connectivity index (χ0n) is 17.2. The Morgan fingerprint density at radius 3 is 1.56 bits per heavy atom. The van der Waals surface area contributed by atoms with Crippen LogP contribution in [0.25, 0.3) is 0 Å². The van der Waals surface area contributed by atoms with Crippen molar-refractivity contribution in [3.8, 4) is 0 Å². The largest absolute Gasteiger partial charge is 0.324 e. The van der Waals surface area contributed by atoms with Crippen molar-refractivity contribution in [2.45, 2.75) is 45.7 Å². The summed E-state index contributed by atoms with van der Waals surface area (Å²) in [6, 6.07) is 31.3. The van der Waals surface area contributed by atoms with Crippen molar-refractivity contribution in [1.82, 2.24) is 4.98 Å². The van der Waals surface area contributed by atoms with Gasteiger partial charge in [0.15, 0.2) is 8.24 Å². The fourth-order valence-corrected chi connectivity index (χ4v) is 9.09. The van der Waals surface area contributed by atoms with Gasteiger partial charge in [-0.05, 0) is 34.8 Å². The van der Waals surface area contributed by atoms with Crippen molar-refractivity contribution in [2.24, 2.45) is 0 Å². The number of aryl methyl sites for hydroxylation is 1. The number of rotatable bonds is 5. The van der Waals surface area contributed by atoms with Crippen LogP contribution in [0, 0.1) is 6.92 Å². The van der Waals surface area contributed by atoms with Crippen molar-refractivity contribution >= 4 is 18.6 Å². The average molecular weight is 374 g/mol.